The second kappa shape index (κ2) is 13.5. The molecule has 3 aromatic rings. The first-order chi connectivity index (χ1) is 18.5. The van der Waals surface area contributed by atoms with E-state index in [9.17, 15) is 28.1 Å². The van der Waals surface area contributed by atoms with Gasteiger partial charge in [-0.3, -0.25) is 10.1 Å². The highest BCUT2D eigenvalue weighted by atomic mass is 35.5. The lowest BCUT2D eigenvalue weighted by atomic mass is 10.1. The Balaban J connectivity index is 0.000000305. The Morgan fingerprint density at radius 2 is 1.77 bits per heavy atom. The number of nitro benzene ring substituents is 1. The number of nitro groups is 1. The average molecular weight is 603 g/mol. The molecule has 3 rings (SSSR count). The number of hydrogen-bond donors (Lipinski definition) is 3. The second-order valence-corrected chi connectivity index (χ2v) is 10.0. The highest BCUT2D eigenvalue weighted by molar-refractivity contribution is 7.98. The first-order valence-corrected chi connectivity index (χ1v) is 13.0. The summed E-state index contributed by atoms with van der Waals surface area (Å²) in [5.74, 6) is -0.600. The van der Waals surface area contributed by atoms with Gasteiger partial charge in [0.25, 0.3) is 5.69 Å². The molecule has 1 heterocycles. The number of nitrogens with zero attached hydrogens (tertiary/aromatic N) is 4. The van der Waals surface area contributed by atoms with Crippen LogP contribution in [0.2, 0.25) is 5.02 Å². The van der Waals surface area contributed by atoms with Crippen LogP contribution in [0.15, 0.2) is 41.6 Å². The van der Waals surface area contributed by atoms with Crippen LogP contribution in [-0.2, 0) is 6.18 Å². The van der Waals surface area contributed by atoms with E-state index in [4.69, 9.17) is 21.4 Å². The van der Waals surface area contributed by atoms with E-state index >= 15 is 0 Å². The predicted octanol–water partition coefficient (Wildman–Crippen LogP) is 6.99. The van der Waals surface area contributed by atoms with Gasteiger partial charge in [0.05, 0.1) is 15.5 Å². The van der Waals surface area contributed by atoms with Crippen molar-refractivity contribution in [1.29, 1.82) is 0 Å². The van der Waals surface area contributed by atoms with Crippen molar-refractivity contribution in [3.8, 4) is 11.5 Å². The van der Waals surface area contributed by atoms with Crippen LogP contribution in [0.1, 0.15) is 43.6 Å². The van der Waals surface area contributed by atoms with Gasteiger partial charge >= 0.3 is 12.1 Å². The van der Waals surface area contributed by atoms with E-state index in [1.54, 1.807) is 0 Å². The quantitative estimate of drug-likeness (QED) is 0.139. The monoisotopic (exact) mass is 602 g/mol. The summed E-state index contributed by atoms with van der Waals surface area (Å²) in [5, 5.41) is 26.4. The summed E-state index contributed by atoms with van der Waals surface area (Å²) in [6, 6.07) is 5.27. The van der Waals surface area contributed by atoms with E-state index in [2.05, 4.69) is 46.4 Å². The van der Waals surface area contributed by atoms with Gasteiger partial charge in [0.1, 0.15) is 17.1 Å². The van der Waals surface area contributed by atoms with Crippen molar-refractivity contribution in [2.24, 2.45) is 0 Å². The topological polar surface area (TPSA) is 152 Å². The number of nitrogens with one attached hydrogen (secondary N) is 2. The Bertz CT molecular complexity index is 1370. The third-order valence-electron chi connectivity index (χ3n) is 4.50. The number of carbonyl (C=O) groups is 1. The summed E-state index contributed by atoms with van der Waals surface area (Å²) < 4.78 is 42.9. The molecule has 0 amide bonds. The first kappa shape index (κ1) is 32.4. The lowest BCUT2D eigenvalue weighted by molar-refractivity contribution is -0.385. The molecule has 40 heavy (non-hydrogen) atoms. The summed E-state index contributed by atoms with van der Waals surface area (Å²) in [4.78, 5) is 33.8. The van der Waals surface area contributed by atoms with E-state index < -0.39 is 33.9 Å². The fourth-order valence-electron chi connectivity index (χ4n) is 2.87. The van der Waals surface area contributed by atoms with Gasteiger partial charge in [-0.2, -0.15) is 28.1 Å². The van der Waals surface area contributed by atoms with Crippen LogP contribution in [0.3, 0.4) is 0 Å². The van der Waals surface area contributed by atoms with Crippen molar-refractivity contribution < 1.29 is 32.7 Å². The number of benzene rings is 2. The molecule has 11 nitrogen and oxygen atoms in total. The number of rotatable bonds is 8. The number of ether oxygens (including phenoxy) is 1. The molecule has 0 aliphatic carbocycles. The molecule has 0 aliphatic heterocycles. The van der Waals surface area contributed by atoms with Gasteiger partial charge in [0.2, 0.25) is 11.9 Å². The number of aromatic nitrogens is 3. The molecule has 0 fully saturated rings. The maximum atomic E-state index is 12.6. The predicted molar refractivity (Wildman–Crippen MR) is 146 cm³/mol. The van der Waals surface area contributed by atoms with Crippen LogP contribution in [0, 0.1) is 10.1 Å². The zero-order chi connectivity index (χ0) is 30.3. The molecule has 2 aromatic carbocycles. The summed E-state index contributed by atoms with van der Waals surface area (Å²) in [6.45, 7) is 9.03. The number of alkyl halides is 3. The van der Waals surface area contributed by atoms with Crippen LogP contribution < -0.4 is 15.4 Å². The molecule has 0 unspecified atom stereocenters. The molecule has 0 spiro atoms. The molecular weight excluding hydrogens is 577 g/mol. The SMILES string of the molecule is CCNc1nc(NC(C)(C)C)nc(SC)n1.O=C(O)c1cc(Oc2ccc(C(F)(F)F)cc2Cl)ccc1[N+](=O)[O-]. The molecule has 0 saturated carbocycles. The number of aromatic carboxylic acids is 1. The van der Waals surface area contributed by atoms with Crippen LogP contribution in [0.4, 0.5) is 30.8 Å². The number of carboxylic acid groups (broad SMARTS) is 1. The Morgan fingerprint density at radius 1 is 1.12 bits per heavy atom. The van der Waals surface area contributed by atoms with Crippen molar-refractivity contribution >= 4 is 46.9 Å². The highest BCUT2D eigenvalue weighted by Crippen LogP contribution is 2.37. The van der Waals surface area contributed by atoms with Crippen LogP contribution >= 0.6 is 23.4 Å². The van der Waals surface area contributed by atoms with Crippen molar-refractivity contribution in [2.45, 2.75) is 44.6 Å². The summed E-state index contributed by atoms with van der Waals surface area (Å²) in [7, 11) is 0. The zero-order valence-corrected chi connectivity index (χ0v) is 23.5. The van der Waals surface area contributed by atoms with Gasteiger partial charge in [-0.15, -0.1) is 0 Å². The first-order valence-electron chi connectivity index (χ1n) is 11.4. The van der Waals surface area contributed by atoms with Crippen LogP contribution in [0.25, 0.3) is 0 Å². The molecule has 216 valence electrons. The van der Waals surface area contributed by atoms with Crippen molar-refractivity contribution in [1.82, 2.24) is 15.0 Å². The molecule has 0 bridgehead atoms. The van der Waals surface area contributed by atoms with Crippen molar-refractivity contribution in [2.75, 3.05) is 23.4 Å². The van der Waals surface area contributed by atoms with E-state index in [-0.39, 0.29) is 22.1 Å². The van der Waals surface area contributed by atoms with Gasteiger partial charge in [-0.25, -0.2) is 4.79 Å². The standard InChI is InChI=1S/C14H7ClF3NO5.C10H19N5S/c15-10-5-7(14(16,17)18)1-4-12(10)24-8-2-3-11(19(22)23)9(6-8)13(20)21;1-6-11-7-12-8(15-10(2,3)4)14-9(13-7)16-5/h1-6H,(H,20,21);6H2,1-5H3,(H2,11,12,13,14,15). The number of thioether (sulfide) groups is 1. The molecule has 0 radical (unpaired) electrons. The Kier molecular flexibility index (Phi) is 10.9. The van der Waals surface area contributed by atoms with E-state index in [0.29, 0.717) is 18.0 Å². The highest BCUT2D eigenvalue weighted by Gasteiger charge is 2.31. The fourth-order valence-corrected chi connectivity index (χ4v) is 3.45. The lowest BCUT2D eigenvalue weighted by Gasteiger charge is -2.20. The number of anilines is 2. The summed E-state index contributed by atoms with van der Waals surface area (Å²) >= 11 is 7.23. The number of hydrogen-bond acceptors (Lipinski definition) is 10. The number of carboxylic acids is 1. The minimum atomic E-state index is -4.58. The minimum Gasteiger partial charge on any atom is -0.477 e. The van der Waals surface area contributed by atoms with Gasteiger partial charge in [-0.1, -0.05) is 23.4 Å². The Hall–Kier alpha value is -3.85. The van der Waals surface area contributed by atoms with E-state index in [0.717, 1.165) is 42.0 Å². The van der Waals surface area contributed by atoms with Crippen LogP contribution in [-0.4, -0.2) is 49.3 Å². The molecular formula is C24H26ClF3N6O5S. The average Bonchev–Trinajstić information content (AvgIpc) is 2.83. The third-order valence-corrected chi connectivity index (χ3v) is 5.34. The molecule has 1 aromatic heterocycles. The van der Waals surface area contributed by atoms with Gasteiger partial charge in [-0.05, 0) is 58.2 Å². The van der Waals surface area contributed by atoms with Crippen LogP contribution in [0.5, 0.6) is 11.5 Å². The molecule has 16 heteroatoms. The molecule has 0 saturated heterocycles. The smallest absolute Gasteiger partial charge is 0.416 e. The van der Waals surface area contributed by atoms with Crippen molar-refractivity contribution in [3.05, 3.63) is 62.7 Å². The number of halogens is 4. The van der Waals surface area contributed by atoms with Gasteiger partial charge in [0, 0.05) is 24.2 Å². The molecule has 0 aliphatic rings. The minimum absolute atomic E-state index is 0.0550. The summed E-state index contributed by atoms with van der Waals surface area (Å²) in [6.07, 6.45) is -2.63. The fraction of sp³-hybridized carbons (Fsp3) is 0.333. The largest absolute Gasteiger partial charge is 0.477 e. The van der Waals surface area contributed by atoms with Crippen molar-refractivity contribution in [3.63, 3.8) is 0 Å². The molecule has 0 atom stereocenters. The second-order valence-electron chi connectivity index (χ2n) is 8.86. The maximum Gasteiger partial charge on any atom is 0.416 e. The Labute approximate surface area is 236 Å². The maximum absolute atomic E-state index is 12.6. The van der Waals surface area contributed by atoms with Gasteiger partial charge in [0.15, 0.2) is 5.16 Å². The van der Waals surface area contributed by atoms with Gasteiger partial charge < -0.3 is 20.5 Å². The lowest BCUT2D eigenvalue weighted by Crippen LogP contribution is -2.27. The normalized spacial score (nSPS) is 11.2. The van der Waals surface area contributed by atoms with E-state index in [1.807, 2.05) is 13.2 Å². The zero-order valence-electron chi connectivity index (χ0n) is 22.0. The third kappa shape index (κ3) is 9.72. The molecule has 3 N–H and O–H groups in total. The Morgan fingerprint density at radius 3 is 2.27 bits per heavy atom. The summed E-state index contributed by atoms with van der Waals surface area (Å²) in [5.41, 5.74) is -2.30. The van der Waals surface area contributed by atoms with E-state index in [1.165, 1.54) is 11.8 Å².